The third-order valence-electron chi connectivity index (χ3n) is 4.19. The molecule has 0 amide bonds. The van der Waals surface area contributed by atoms with Crippen LogP contribution in [0.2, 0.25) is 5.02 Å². The molecule has 0 fully saturated rings. The number of carbonyl (C=O) groups is 2. The number of fused-ring (bicyclic) bond motifs is 2. The number of anilines is 1. The van der Waals surface area contributed by atoms with Crippen molar-refractivity contribution in [2.24, 2.45) is 0 Å². The number of rotatable bonds is 7. The SMILES string of the molecule is CCOC(CNc1cccc2c1C(=O)c1cccc(Cl)c1C2=O)OCC. The van der Waals surface area contributed by atoms with Gasteiger partial charge < -0.3 is 14.8 Å². The van der Waals surface area contributed by atoms with E-state index in [1.807, 2.05) is 13.8 Å². The van der Waals surface area contributed by atoms with E-state index in [1.165, 1.54) is 0 Å². The number of benzene rings is 2. The zero-order chi connectivity index (χ0) is 18.7. The third-order valence-corrected chi connectivity index (χ3v) is 4.50. The van der Waals surface area contributed by atoms with Crippen molar-refractivity contribution in [1.82, 2.24) is 0 Å². The Morgan fingerprint density at radius 3 is 2.15 bits per heavy atom. The lowest BCUT2D eigenvalue weighted by Gasteiger charge is -2.23. The summed E-state index contributed by atoms with van der Waals surface area (Å²) in [4.78, 5) is 25.9. The Morgan fingerprint density at radius 1 is 0.923 bits per heavy atom. The predicted octanol–water partition coefficient (Wildman–Crippen LogP) is 3.93. The van der Waals surface area contributed by atoms with Gasteiger partial charge in [0.05, 0.1) is 22.7 Å². The molecule has 0 bridgehead atoms. The lowest BCUT2D eigenvalue weighted by molar-refractivity contribution is -0.126. The molecule has 1 N–H and O–H groups in total. The topological polar surface area (TPSA) is 64.6 Å². The van der Waals surface area contributed by atoms with Crippen LogP contribution in [0.3, 0.4) is 0 Å². The molecule has 0 radical (unpaired) electrons. The normalized spacial score (nSPS) is 12.9. The van der Waals surface area contributed by atoms with E-state index in [0.29, 0.717) is 42.1 Å². The minimum atomic E-state index is -0.433. The smallest absolute Gasteiger partial charge is 0.196 e. The number of hydrogen-bond acceptors (Lipinski definition) is 5. The summed E-state index contributed by atoms with van der Waals surface area (Å²) in [5, 5.41) is 3.47. The van der Waals surface area contributed by atoms with E-state index in [-0.39, 0.29) is 22.2 Å². The average Bonchev–Trinajstić information content (AvgIpc) is 2.64. The Hall–Kier alpha value is -2.21. The molecule has 0 aromatic heterocycles. The van der Waals surface area contributed by atoms with Gasteiger partial charge >= 0.3 is 0 Å². The second kappa shape index (κ2) is 7.99. The van der Waals surface area contributed by atoms with Gasteiger partial charge in [0.2, 0.25) is 0 Å². The highest BCUT2D eigenvalue weighted by molar-refractivity contribution is 6.39. The molecule has 0 saturated heterocycles. The standard InChI is InChI=1S/C20H20ClNO4/c1-3-25-16(26-4-2)11-22-15-10-6-8-13-18(15)20(24)12-7-5-9-14(21)17(12)19(13)23/h5-10,16,22H,3-4,11H2,1-2H3. The lowest BCUT2D eigenvalue weighted by atomic mass is 9.83. The van der Waals surface area contributed by atoms with Gasteiger partial charge in [-0.25, -0.2) is 0 Å². The summed E-state index contributed by atoms with van der Waals surface area (Å²) < 4.78 is 11.0. The van der Waals surface area contributed by atoms with E-state index in [2.05, 4.69) is 5.32 Å². The summed E-state index contributed by atoms with van der Waals surface area (Å²) in [5.41, 5.74) is 1.89. The minimum Gasteiger partial charge on any atom is -0.379 e. The van der Waals surface area contributed by atoms with Crippen LogP contribution in [0.25, 0.3) is 0 Å². The van der Waals surface area contributed by atoms with Crippen LogP contribution in [-0.2, 0) is 9.47 Å². The van der Waals surface area contributed by atoms with Gasteiger partial charge in [-0.3, -0.25) is 9.59 Å². The van der Waals surface area contributed by atoms with Crippen LogP contribution in [0, 0.1) is 0 Å². The van der Waals surface area contributed by atoms with Crippen LogP contribution >= 0.6 is 11.6 Å². The predicted molar refractivity (Wildman–Crippen MR) is 100 cm³/mol. The molecule has 0 saturated carbocycles. The summed E-state index contributed by atoms with van der Waals surface area (Å²) in [5.74, 6) is -0.459. The van der Waals surface area contributed by atoms with Crippen molar-refractivity contribution in [3.63, 3.8) is 0 Å². The summed E-state index contributed by atoms with van der Waals surface area (Å²) >= 11 is 6.16. The molecule has 0 heterocycles. The van der Waals surface area contributed by atoms with Gasteiger partial charge in [0.15, 0.2) is 17.9 Å². The molecular formula is C20H20ClNO4. The van der Waals surface area contributed by atoms with Gasteiger partial charge in [0.1, 0.15) is 0 Å². The van der Waals surface area contributed by atoms with Crippen LogP contribution in [0.15, 0.2) is 36.4 Å². The van der Waals surface area contributed by atoms with Crippen molar-refractivity contribution in [1.29, 1.82) is 0 Å². The Kier molecular flexibility index (Phi) is 5.71. The van der Waals surface area contributed by atoms with E-state index in [1.54, 1.807) is 36.4 Å². The van der Waals surface area contributed by atoms with E-state index in [9.17, 15) is 9.59 Å². The number of ketones is 2. The van der Waals surface area contributed by atoms with E-state index >= 15 is 0 Å². The summed E-state index contributed by atoms with van der Waals surface area (Å²) in [6.45, 7) is 5.17. The quantitative estimate of drug-likeness (QED) is 0.636. The fourth-order valence-electron chi connectivity index (χ4n) is 3.08. The first kappa shape index (κ1) is 18.6. The fraction of sp³-hybridized carbons (Fsp3) is 0.300. The molecule has 1 aliphatic rings. The summed E-state index contributed by atoms with van der Waals surface area (Å²) in [6.07, 6.45) is -0.433. The molecular weight excluding hydrogens is 354 g/mol. The van der Waals surface area contributed by atoms with Gasteiger partial charge in [-0.15, -0.1) is 0 Å². The van der Waals surface area contributed by atoms with Gasteiger partial charge in [0, 0.05) is 30.0 Å². The van der Waals surface area contributed by atoms with E-state index < -0.39 is 6.29 Å². The third kappa shape index (κ3) is 3.38. The first-order valence-corrected chi connectivity index (χ1v) is 8.94. The van der Waals surface area contributed by atoms with Crippen molar-refractivity contribution in [3.05, 3.63) is 63.7 Å². The highest BCUT2D eigenvalue weighted by Crippen LogP contribution is 2.35. The molecule has 1 aliphatic carbocycles. The van der Waals surface area contributed by atoms with E-state index in [4.69, 9.17) is 21.1 Å². The molecule has 0 atom stereocenters. The number of nitrogens with one attached hydrogen (secondary N) is 1. The molecule has 136 valence electrons. The molecule has 2 aromatic carbocycles. The van der Waals surface area contributed by atoms with Gasteiger partial charge in [0.25, 0.3) is 0 Å². The molecule has 0 unspecified atom stereocenters. The Balaban J connectivity index is 1.95. The van der Waals surface area contributed by atoms with Crippen molar-refractivity contribution in [2.45, 2.75) is 20.1 Å². The minimum absolute atomic E-state index is 0.218. The summed E-state index contributed by atoms with van der Waals surface area (Å²) in [6, 6.07) is 10.1. The number of hydrogen-bond donors (Lipinski definition) is 1. The average molecular weight is 374 g/mol. The monoisotopic (exact) mass is 373 g/mol. The Morgan fingerprint density at radius 2 is 1.50 bits per heavy atom. The second-order valence-corrected chi connectivity index (χ2v) is 6.18. The lowest BCUT2D eigenvalue weighted by Crippen LogP contribution is -2.28. The second-order valence-electron chi connectivity index (χ2n) is 5.77. The van der Waals surface area contributed by atoms with Crippen molar-refractivity contribution < 1.29 is 19.1 Å². The molecule has 3 rings (SSSR count). The van der Waals surface area contributed by atoms with Crippen LogP contribution in [0.1, 0.15) is 45.7 Å². The molecule has 5 nitrogen and oxygen atoms in total. The molecule has 0 aliphatic heterocycles. The van der Waals surface area contributed by atoms with Gasteiger partial charge in [-0.2, -0.15) is 0 Å². The Bertz CT molecular complexity index is 844. The number of halogens is 1. The van der Waals surface area contributed by atoms with Crippen molar-refractivity contribution in [3.8, 4) is 0 Å². The highest BCUT2D eigenvalue weighted by atomic mass is 35.5. The Labute approximate surface area is 157 Å². The zero-order valence-electron chi connectivity index (χ0n) is 14.7. The maximum Gasteiger partial charge on any atom is 0.196 e. The molecule has 6 heteroatoms. The molecule has 26 heavy (non-hydrogen) atoms. The number of carbonyl (C=O) groups excluding carboxylic acids is 2. The zero-order valence-corrected chi connectivity index (χ0v) is 15.4. The van der Waals surface area contributed by atoms with Crippen LogP contribution in [0.4, 0.5) is 5.69 Å². The molecule has 2 aromatic rings. The van der Waals surface area contributed by atoms with Crippen molar-refractivity contribution >= 4 is 28.9 Å². The van der Waals surface area contributed by atoms with Crippen LogP contribution in [-0.4, -0.2) is 37.6 Å². The molecule has 0 spiro atoms. The number of ether oxygens (including phenoxy) is 2. The largest absolute Gasteiger partial charge is 0.379 e. The van der Waals surface area contributed by atoms with E-state index in [0.717, 1.165) is 0 Å². The van der Waals surface area contributed by atoms with Gasteiger partial charge in [-0.05, 0) is 26.0 Å². The maximum absolute atomic E-state index is 13.0. The first-order chi connectivity index (χ1) is 12.6. The fourth-order valence-corrected chi connectivity index (χ4v) is 3.34. The van der Waals surface area contributed by atoms with Crippen LogP contribution < -0.4 is 5.32 Å². The highest BCUT2D eigenvalue weighted by Gasteiger charge is 2.33. The first-order valence-electron chi connectivity index (χ1n) is 8.56. The van der Waals surface area contributed by atoms with Crippen LogP contribution in [0.5, 0.6) is 0 Å². The maximum atomic E-state index is 13.0. The van der Waals surface area contributed by atoms with Gasteiger partial charge in [-0.1, -0.05) is 35.9 Å². The summed E-state index contributed by atoms with van der Waals surface area (Å²) in [7, 11) is 0. The van der Waals surface area contributed by atoms with Crippen molar-refractivity contribution in [2.75, 3.05) is 25.1 Å².